The number of ether oxygens (including phenoxy) is 3. The van der Waals surface area contributed by atoms with Crippen LogP contribution in [-0.4, -0.2) is 40.0 Å². The normalized spacial score (nSPS) is 10.4. The lowest BCUT2D eigenvalue weighted by molar-refractivity contribution is -0.655. The first kappa shape index (κ1) is 15.8. The quantitative estimate of drug-likeness (QED) is 0.618. The van der Waals surface area contributed by atoms with E-state index in [1.807, 2.05) is 31.2 Å². The van der Waals surface area contributed by atoms with E-state index in [0.29, 0.717) is 6.61 Å². The molecule has 0 aliphatic rings. The third kappa shape index (κ3) is 7.70. The largest absolute Gasteiger partial charge is 0.494 e. The van der Waals surface area contributed by atoms with Gasteiger partial charge in [-0.05, 0) is 19.1 Å². The fourth-order valence-corrected chi connectivity index (χ4v) is 1.75. The molecule has 0 spiro atoms. The van der Waals surface area contributed by atoms with Gasteiger partial charge >= 0.3 is 0 Å². The predicted molar refractivity (Wildman–Crippen MR) is 75.9 cm³/mol. The summed E-state index contributed by atoms with van der Waals surface area (Å²) >= 11 is 0. The summed E-state index contributed by atoms with van der Waals surface area (Å²) in [6.07, 6.45) is 2.15. The zero-order valence-electron chi connectivity index (χ0n) is 12.1. The summed E-state index contributed by atoms with van der Waals surface area (Å²) in [4.78, 5) is 0. The second-order valence-corrected chi connectivity index (χ2v) is 4.32. The molecule has 19 heavy (non-hydrogen) atoms. The van der Waals surface area contributed by atoms with Crippen LogP contribution in [0.15, 0.2) is 24.3 Å². The van der Waals surface area contributed by atoms with Crippen molar-refractivity contribution in [1.29, 1.82) is 0 Å². The van der Waals surface area contributed by atoms with Crippen LogP contribution in [0, 0.1) is 0 Å². The molecule has 0 heterocycles. The van der Waals surface area contributed by atoms with Gasteiger partial charge in [0.2, 0.25) is 0 Å². The zero-order chi connectivity index (χ0) is 13.8. The van der Waals surface area contributed by atoms with Crippen molar-refractivity contribution in [2.75, 3.05) is 40.0 Å². The monoisotopic (exact) mass is 268 g/mol. The minimum Gasteiger partial charge on any atom is -0.494 e. The maximum absolute atomic E-state index is 5.70. The molecule has 0 bridgehead atoms. The fourth-order valence-electron chi connectivity index (χ4n) is 1.75. The summed E-state index contributed by atoms with van der Waals surface area (Å²) in [6.45, 7) is 6.46. The number of nitrogens with two attached hydrogens (primary N) is 1. The molecule has 4 heteroatoms. The van der Waals surface area contributed by atoms with E-state index in [4.69, 9.17) is 14.2 Å². The Labute approximate surface area is 116 Å². The number of quaternary nitrogens is 1. The van der Waals surface area contributed by atoms with Crippen LogP contribution in [0.2, 0.25) is 0 Å². The van der Waals surface area contributed by atoms with Gasteiger partial charge in [-0.3, -0.25) is 0 Å². The Bertz CT molecular complexity index is 331. The highest BCUT2D eigenvalue weighted by atomic mass is 16.5. The Morgan fingerprint density at radius 1 is 1.00 bits per heavy atom. The minimum absolute atomic E-state index is 0.680. The maximum Gasteiger partial charge on any atom is 0.122 e. The van der Waals surface area contributed by atoms with Gasteiger partial charge in [-0.25, -0.2) is 0 Å². The highest BCUT2D eigenvalue weighted by molar-refractivity contribution is 5.32. The fraction of sp³-hybridized carbons (Fsp3) is 0.600. The van der Waals surface area contributed by atoms with E-state index in [1.54, 1.807) is 7.11 Å². The second-order valence-electron chi connectivity index (χ2n) is 4.32. The molecule has 2 N–H and O–H groups in total. The van der Waals surface area contributed by atoms with E-state index < -0.39 is 0 Å². The summed E-state index contributed by atoms with van der Waals surface area (Å²) in [7, 11) is 1.74. The molecule has 1 aromatic rings. The van der Waals surface area contributed by atoms with Crippen molar-refractivity contribution >= 4 is 0 Å². The van der Waals surface area contributed by atoms with E-state index in [-0.39, 0.29) is 0 Å². The van der Waals surface area contributed by atoms with Crippen molar-refractivity contribution in [3.63, 3.8) is 0 Å². The van der Waals surface area contributed by atoms with Crippen LogP contribution in [0.4, 0.5) is 0 Å². The van der Waals surface area contributed by atoms with Gasteiger partial charge < -0.3 is 19.5 Å². The molecule has 0 amide bonds. The van der Waals surface area contributed by atoms with Crippen molar-refractivity contribution in [3.8, 4) is 11.5 Å². The summed E-state index contributed by atoms with van der Waals surface area (Å²) in [5, 5.41) is 2.30. The van der Waals surface area contributed by atoms with Crippen molar-refractivity contribution in [1.82, 2.24) is 0 Å². The molecule has 0 saturated heterocycles. The number of rotatable bonds is 11. The van der Waals surface area contributed by atoms with Crippen molar-refractivity contribution in [3.05, 3.63) is 24.3 Å². The third-order valence-electron chi connectivity index (χ3n) is 2.69. The van der Waals surface area contributed by atoms with E-state index in [9.17, 15) is 0 Å². The Morgan fingerprint density at radius 2 is 1.68 bits per heavy atom. The van der Waals surface area contributed by atoms with Crippen molar-refractivity contribution in [2.45, 2.75) is 19.8 Å². The summed E-state index contributed by atoms with van der Waals surface area (Å²) in [5.74, 6) is 1.75. The Morgan fingerprint density at radius 3 is 2.37 bits per heavy atom. The molecule has 0 saturated carbocycles. The molecule has 0 atom stereocenters. The topological polar surface area (TPSA) is 44.3 Å². The van der Waals surface area contributed by atoms with Crippen LogP contribution in [0.25, 0.3) is 0 Å². The molecule has 1 rings (SSSR count). The van der Waals surface area contributed by atoms with Gasteiger partial charge in [-0.2, -0.15) is 0 Å². The molecule has 1 aromatic carbocycles. The lowest BCUT2D eigenvalue weighted by atomic mass is 10.3. The van der Waals surface area contributed by atoms with Gasteiger partial charge in [0, 0.05) is 26.0 Å². The van der Waals surface area contributed by atoms with Gasteiger partial charge in [-0.15, -0.1) is 0 Å². The summed E-state index contributed by atoms with van der Waals surface area (Å²) in [5.41, 5.74) is 0. The predicted octanol–water partition coefficient (Wildman–Crippen LogP) is 1.45. The van der Waals surface area contributed by atoms with Gasteiger partial charge in [0.25, 0.3) is 0 Å². The molecule has 0 aliphatic carbocycles. The van der Waals surface area contributed by atoms with Crippen LogP contribution in [0.3, 0.4) is 0 Å². The number of benzene rings is 1. The number of methoxy groups -OCH3 is 1. The third-order valence-corrected chi connectivity index (χ3v) is 2.69. The van der Waals surface area contributed by atoms with Gasteiger partial charge in [-0.1, -0.05) is 6.07 Å². The van der Waals surface area contributed by atoms with Gasteiger partial charge in [0.1, 0.15) is 11.5 Å². The van der Waals surface area contributed by atoms with E-state index in [1.165, 1.54) is 0 Å². The Hall–Kier alpha value is -1.26. The first-order valence-electron chi connectivity index (χ1n) is 7.03. The van der Waals surface area contributed by atoms with Crippen LogP contribution < -0.4 is 14.8 Å². The molecular formula is C15H26NO3+. The molecule has 0 aromatic heterocycles. The molecule has 108 valence electrons. The van der Waals surface area contributed by atoms with Crippen molar-refractivity contribution in [2.24, 2.45) is 0 Å². The standard InChI is InChI=1S/C15H25NO3/c1-3-18-14-7-4-8-15(13-14)19-12-6-10-16-9-5-11-17-2/h4,7-8,13,16H,3,5-6,9-12H2,1-2H3/p+1. The number of hydrogen-bond donors (Lipinski definition) is 1. The van der Waals surface area contributed by atoms with E-state index >= 15 is 0 Å². The van der Waals surface area contributed by atoms with Crippen LogP contribution in [0.5, 0.6) is 11.5 Å². The summed E-state index contributed by atoms with van der Waals surface area (Å²) in [6, 6.07) is 7.80. The SMILES string of the molecule is CCOc1cccc(OCCC[NH2+]CCCOC)c1. The molecule has 0 fully saturated rings. The maximum atomic E-state index is 5.70. The van der Waals surface area contributed by atoms with Gasteiger partial charge in [0.05, 0.1) is 32.9 Å². The highest BCUT2D eigenvalue weighted by Crippen LogP contribution is 2.19. The second kappa shape index (κ2) is 10.6. The molecule has 0 radical (unpaired) electrons. The molecule has 0 aliphatic heterocycles. The average molecular weight is 268 g/mol. The first-order chi connectivity index (χ1) is 9.36. The van der Waals surface area contributed by atoms with E-state index in [2.05, 4.69) is 5.32 Å². The minimum atomic E-state index is 0.680. The molecule has 0 unspecified atom stereocenters. The summed E-state index contributed by atoms with van der Waals surface area (Å²) < 4.78 is 16.1. The Balaban J connectivity index is 2.07. The van der Waals surface area contributed by atoms with Crippen molar-refractivity contribution < 1.29 is 19.5 Å². The number of hydrogen-bond acceptors (Lipinski definition) is 3. The lowest BCUT2D eigenvalue weighted by Gasteiger charge is -2.08. The average Bonchev–Trinajstić information content (AvgIpc) is 2.43. The smallest absolute Gasteiger partial charge is 0.122 e. The van der Waals surface area contributed by atoms with Gasteiger partial charge in [0.15, 0.2) is 0 Å². The molecular weight excluding hydrogens is 242 g/mol. The molecule has 4 nitrogen and oxygen atoms in total. The Kier molecular flexibility index (Phi) is 8.85. The van der Waals surface area contributed by atoms with Crippen LogP contribution >= 0.6 is 0 Å². The lowest BCUT2D eigenvalue weighted by Crippen LogP contribution is -2.84. The van der Waals surface area contributed by atoms with E-state index in [0.717, 1.165) is 50.6 Å². The van der Waals surface area contributed by atoms with Crippen LogP contribution in [0.1, 0.15) is 19.8 Å². The highest BCUT2D eigenvalue weighted by Gasteiger charge is 1.98. The zero-order valence-corrected chi connectivity index (χ0v) is 12.1. The van der Waals surface area contributed by atoms with Crippen LogP contribution in [-0.2, 0) is 4.74 Å². The first-order valence-corrected chi connectivity index (χ1v) is 7.03.